The van der Waals surface area contributed by atoms with Crippen LogP contribution in [0.25, 0.3) is 22.3 Å². The summed E-state index contributed by atoms with van der Waals surface area (Å²) in [7, 11) is 0. The Morgan fingerprint density at radius 1 is 1.04 bits per heavy atom. The van der Waals surface area contributed by atoms with Crippen molar-refractivity contribution >= 4 is 40.0 Å². The van der Waals surface area contributed by atoms with Crippen molar-refractivity contribution in [1.29, 1.82) is 0 Å². The van der Waals surface area contributed by atoms with Gasteiger partial charge in [-0.1, -0.05) is 18.2 Å². The number of aromatic nitrogens is 3. The lowest BCUT2D eigenvalue weighted by molar-refractivity contribution is -0.123. The number of rotatable bonds is 7. The molecule has 4 aromatic rings. The summed E-state index contributed by atoms with van der Waals surface area (Å²) in [6, 6.07) is 14.6. The standard InChI is InChI=1S/C36H40FN7O2/c1-20-6-8-23(14-27(20)33(38)45)40-34-32-30(39-19-43(32)24-9-10-24)17-29(41-34)21-7-11-28-31(13-21)44(35(46)36(28,2)3)26-15-25(16-26)42-12-4-5-22(37)18-42/h6-8,11,13-14,17,19,22,24-26H,4-5,9-10,12,15-16,18H2,1-3H3,(H2,38,45)(H,40,41)/t22-,25-,26+/m1/s1. The number of fused-ring (bicyclic) bond motifs is 2. The number of anilines is 3. The van der Waals surface area contributed by atoms with Gasteiger partial charge in [-0.15, -0.1) is 0 Å². The van der Waals surface area contributed by atoms with E-state index < -0.39 is 17.5 Å². The van der Waals surface area contributed by atoms with Crippen LogP contribution in [0.4, 0.5) is 21.6 Å². The molecule has 4 heterocycles. The van der Waals surface area contributed by atoms with Gasteiger partial charge in [0.15, 0.2) is 5.82 Å². The number of carbonyl (C=O) groups is 2. The van der Waals surface area contributed by atoms with Crippen LogP contribution >= 0.6 is 0 Å². The minimum atomic E-state index is -0.750. The lowest BCUT2D eigenvalue weighted by atomic mass is 9.82. The van der Waals surface area contributed by atoms with Crippen LogP contribution < -0.4 is 16.0 Å². The number of nitrogens with two attached hydrogens (primary N) is 1. The van der Waals surface area contributed by atoms with E-state index in [9.17, 15) is 14.0 Å². The average Bonchev–Trinajstić information content (AvgIpc) is 3.73. The molecule has 2 aromatic heterocycles. The van der Waals surface area contributed by atoms with Crippen LogP contribution in [0.3, 0.4) is 0 Å². The summed E-state index contributed by atoms with van der Waals surface area (Å²) in [5, 5.41) is 3.47. The summed E-state index contributed by atoms with van der Waals surface area (Å²) in [5.41, 5.74) is 12.3. The second-order valence-electron chi connectivity index (χ2n) is 14.2. The Hall–Kier alpha value is -4.31. The molecule has 0 radical (unpaired) electrons. The Bertz CT molecular complexity index is 1890. The summed E-state index contributed by atoms with van der Waals surface area (Å²) in [4.78, 5) is 40.2. The fourth-order valence-electron chi connectivity index (χ4n) is 7.69. The first-order valence-corrected chi connectivity index (χ1v) is 16.5. The molecular formula is C36H40FN7O2. The maximum Gasteiger partial charge on any atom is 0.249 e. The number of likely N-dealkylation sites (tertiary alicyclic amines) is 1. The predicted molar refractivity (Wildman–Crippen MR) is 177 cm³/mol. The first-order chi connectivity index (χ1) is 22.1. The summed E-state index contributed by atoms with van der Waals surface area (Å²) in [6.45, 7) is 7.31. The Morgan fingerprint density at radius 2 is 1.85 bits per heavy atom. The quantitative estimate of drug-likeness (QED) is 0.255. The van der Waals surface area contributed by atoms with Crippen molar-refractivity contribution in [1.82, 2.24) is 19.4 Å². The summed E-state index contributed by atoms with van der Waals surface area (Å²) in [6.07, 6.45) is 6.60. The van der Waals surface area contributed by atoms with Gasteiger partial charge in [-0.25, -0.2) is 14.4 Å². The molecular weight excluding hydrogens is 581 g/mol. The van der Waals surface area contributed by atoms with E-state index in [-0.39, 0.29) is 11.9 Å². The van der Waals surface area contributed by atoms with Gasteiger partial charge < -0.3 is 20.5 Å². The van der Waals surface area contributed by atoms with Crippen molar-refractivity contribution in [2.24, 2.45) is 5.73 Å². The maximum atomic E-state index is 14.1. The van der Waals surface area contributed by atoms with Crippen molar-refractivity contribution < 1.29 is 14.0 Å². The fourth-order valence-corrected chi connectivity index (χ4v) is 7.69. The molecule has 2 aliphatic carbocycles. The van der Waals surface area contributed by atoms with Crippen molar-refractivity contribution in [3.63, 3.8) is 0 Å². The highest BCUT2D eigenvalue weighted by Crippen LogP contribution is 2.48. The average molecular weight is 622 g/mol. The Balaban J connectivity index is 1.16. The zero-order chi connectivity index (χ0) is 31.9. The number of nitrogens with zero attached hydrogens (tertiary/aromatic N) is 5. The molecule has 10 heteroatoms. The van der Waals surface area contributed by atoms with Gasteiger partial charge in [-0.05, 0) is 101 Å². The van der Waals surface area contributed by atoms with Gasteiger partial charge in [0, 0.05) is 47.2 Å². The number of hydrogen-bond donors (Lipinski definition) is 2. The van der Waals surface area contributed by atoms with E-state index in [0.717, 1.165) is 77.8 Å². The molecule has 0 bridgehead atoms. The normalized spacial score (nSPS) is 24.2. The minimum Gasteiger partial charge on any atom is -0.366 e. The highest BCUT2D eigenvalue weighted by atomic mass is 19.1. The molecule has 3 N–H and O–H groups in total. The van der Waals surface area contributed by atoms with Crippen molar-refractivity contribution in [2.75, 3.05) is 23.3 Å². The van der Waals surface area contributed by atoms with Crippen molar-refractivity contribution in [2.45, 2.75) is 89.0 Å². The second-order valence-corrected chi connectivity index (χ2v) is 14.2. The van der Waals surface area contributed by atoms with Crippen molar-refractivity contribution in [3.8, 4) is 11.3 Å². The molecule has 2 amide bonds. The smallest absolute Gasteiger partial charge is 0.249 e. The third kappa shape index (κ3) is 4.76. The van der Waals surface area contributed by atoms with E-state index in [1.807, 2.05) is 56.3 Å². The van der Waals surface area contributed by atoms with E-state index in [4.69, 9.17) is 15.7 Å². The topological polar surface area (TPSA) is 109 Å². The number of benzene rings is 2. The van der Waals surface area contributed by atoms with Crippen LogP contribution in [0.5, 0.6) is 0 Å². The molecule has 0 spiro atoms. The molecule has 0 unspecified atom stereocenters. The third-order valence-electron chi connectivity index (χ3n) is 10.6. The monoisotopic (exact) mass is 621 g/mol. The number of pyridine rings is 1. The zero-order valence-corrected chi connectivity index (χ0v) is 26.6. The molecule has 2 aliphatic heterocycles. The molecule has 46 heavy (non-hydrogen) atoms. The highest BCUT2D eigenvalue weighted by molar-refractivity contribution is 6.09. The molecule has 4 aliphatic rings. The minimum absolute atomic E-state index is 0.0937. The Kier molecular flexibility index (Phi) is 6.72. The third-order valence-corrected chi connectivity index (χ3v) is 10.6. The Labute approximate surface area is 268 Å². The number of hydrogen-bond acceptors (Lipinski definition) is 6. The number of piperidine rings is 1. The number of amides is 2. The van der Waals surface area contributed by atoms with Crippen LogP contribution in [0.1, 0.15) is 79.9 Å². The van der Waals surface area contributed by atoms with Gasteiger partial charge in [0.25, 0.3) is 0 Å². The number of nitrogens with one attached hydrogen (secondary N) is 1. The molecule has 3 fully saturated rings. The summed E-state index contributed by atoms with van der Waals surface area (Å²) < 4.78 is 16.3. The largest absolute Gasteiger partial charge is 0.366 e. The van der Waals surface area contributed by atoms with Crippen LogP contribution in [-0.2, 0) is 10.2 Å². The van der Waals surface area contributed by atoms with Crippen LogP contribution in [0, 0.1) is 6.92 Å². The molecule has 2 aromatic carbocycles. The zero-order valence-electron chi connectivity index (χ0n) is 26.6. The number of carbonyl (C=O) groups excluding carboxylic acids is 2. The number of primary amides is 1. The lowest BCUT2D eigenvalue weighted by Gasteiger charge is -2.48. The van der Waals surface area contributed by atoms with Crippen LogP contribution in [-0.4, -0.2) is 62.6 Å². The van der Waals surface area contributed by atoms with Gasteiger partial charge in [-0.2, -0.15) is 0 Å². The number of alkyl halides is 1. The molecule has 9 nitrogen and oxygen atoms in total. The number of imidazole rings is 1. The van der Waals surface area contributed by atoms with Crippen LogP contribution in [0.15, 0.2) is 48.8 Å². The van der Waals surface area contributed by atoms with E-state index in [0.29, 0.717) is 42.1 Å². The lowest BCUT2D eigenvalue weighted by Crippen LogP contribution is -2.58. The molecule has 1 atom stereocenters. The van der Waals surface area contributed by atoms with Gasteiger partial charge in [0.2, 0.25) is 11.8 Å². The van der Waals surface area contributed by atoms with Gasteiger partial charge in [0.05, 0.1) is 23.0 Å². The van der Waals surface area contributed by atoms with E-state index in [1.165, 1.54) is 0 Å². The predicted octanol–water partition coefficient (Wildman–Crippen LogP) is 6.17. The maximum absolute atomic E-state index is 14.1. The first kappa shape index (κ1) is 29.1. The van der Waals surface area contributed by atoms with Crippen LogP contribution in [0.2, 0.25) is 0 Å². The molecule has 2 saturated carbocycles. The highest BCUT2D eigenvalue weighted by Gasteiger charge is 2.50. The summed E-state index contributed by atoms with van der Waals surface area (Å²) in [5.74, 6) is 0.291. The molecule has 1 saturated heterocycles. The van der Waals surface area contributed by atoms with E-state index in [1.54, 1.807) is 6.07 Å². The van der Waals surface area contributed by atoms with Crippen molar-refractivity contribution in [3.05, 3.63) is 65.5 Å². The molecule has 8 rings (SSSR count). The van der Waals surface area contributed by atoms with Gasteiger partial charge in [-0.3, -0.25) is 14.5 Å². The number of halogens is 1. The SMILES string of the molecule is Cc1ccc(Nc2nc(-c3ccc4c(c3)N([C@H]3C[C@@H](N5CCC[C@@H](F)C5)C3)C(=O)C4(C)C)cc3ncn(C4CC4)c23)cc1C(N)=O. The summed E-state index contributed by atoms with van der Waals surface area (Å²) >= 11 is 0. The Morgan fingerprint density at radius 3 is 2.59 bits per heavy atom. The molecule has 238 valence electrons. The number of aryl methyl sites for hydroxylation is 1. The van der Waals surface area contributed by atoms with Gasteiger partial charge in [0.1, 0.15) is 11.7 Å². The van der Waals surface area contributed by atoms with E-state index >= 15 is 0 Å². The van der Waals surface area contributed by atoms with Gasteiger partial charge >= 0.3 is 0 Å². The first-order valence-electron chi connectivity index (χ1n) is 16.5. The van der Waals surface area contributed by atoms with E-state index in [2.05, 4.69) is 26.9 Å². The second kappa shape index (κ2) is 10.6. The fraction of sp³-hybridized carbons (Fsp3) is 0.444.